The lowest BCUT2D eigenvalue weighted by Gasteiger charge is -2.31. The van der Waals surface area contributed by atoms with E-state index in [9.17, 15) is 0 Å². The van der Waals surface area contributed by atoms with Gasteiger partial charge in [0.25, 0.3) is 0 Å². The minimum Gasteiger partial charge on any atom is -0.497 e. The van der Waals surface area contributed by atoms with Crippen LogP contribution in [0.25, 0.3) is 0 Å². The van der Waals surface area contributed by atoms with E-state index in [4.69, 9.17) is 15.3 Å². The van der Waals surface area contributed by atoms with Crippen molar-refractivity contribution in [3.8, 4) is 5.75 Å². The average molecular weight is 250 g/mol. The molecule has 3 N–H and O–H groups in total. The van der Waals surface area contributed by atoms with Gasteiger partial charge in [0.2, 0.25) is 0 Å². The Kier molecular flexibility index (Phi) is 4.58. The monoisotopic (exact) mass is 250 g/mol. The van der Waals surface area contributed by atoms with E-state index >= 15 is 0 Å². The third-order valence-electron chi connectivity index (χ3n) is 3.58. The molecule has 0 amide bonds. The average Bonchev–Trinajstić information content (AvgIpc) is 2.42. The molecule has 100 valence electrons. The molecule has 2 unspecified atom stereocenters. The fourth-order valence-corrected chi connectivity index (χ4v) is 2.55. The van der Waals surface area contributed by atoms with E-state index in [2.05, 4.69) is 18.4 Å². The number of hydrazine groups is 1. The van der Waals surface area contributed by atoms with Crippen LogP contribution in [0.5, 0.6) is 5.75 Å². The standard InChI is InChI=1S/C14H22N2O2/c1-10-9-11(17-2)6-7-12(10)14(16-15)13-5-3-4-8-18-13/h6-7,9,13-14,16H,3-5,8,15H2,1-2H3. The lowest BCUT2D eigenvalue weighted by atomic mass is 9.93. The molecular formula is C14H22N2O2. The smallest absolute Gasteiger partial charge is 0.119 e. The first-order chi connectivity index (χ1) is 8.76. The molecule has 4 heteroatoms. The number of nitrogens with two attached hydrogens (primary N) is 1. The highest BCUT2D eigenvalue weighted by Gasteiger charge is 2.26. The van der Waals surface area contributed by atoms with Gasteiger partial charge in [0.15, 0.2) is 0 Å². The lowest BCUT2D eigenvalue weighted by Crippen LogP contribution is -2.39. The first-order valence-electron chi connectivity index (χ1n) is 6.48. The van der Waals surface area contributed by atoms with Gasteiger partial charge in [-0.3, -0.25) is 11.3 Å². The van der Waals surface area contributed by atoms with Crippen LogP contribution < -0.4 is 16.0 Å². The van der Waals surface area contributed by atoms with E-state index in [-0.39, 0.29) is 12.1 Å². The molecule has 1 fully saturated rings. The lowest BCUT2D eigenvalue weighted by molar-refractivity contribution is -0.00835. The molecule has 0 saturated carbocycles. The van der Waals surface area contributed by atoms with Crippen molar-refractivity contribution in [1.29, 1.82) is 0 Å². The van der Waals surface area contributed by atoms with Crippen molar-refractivity contribution in [3.63, 3.8) is 0 Å². The minimum atomic E-state index is 0.0520. The Bertz CT molecular complexity index is 389. The van der Waals surface area contributed by atoms with Crippen LogP contribution in [0.2, 0.25) is 0 Å². The maximum atomic E-state index is 5.82. The number of ether oxygens (including phenoxy) is 2. The summed E-state index contributed by atoms with van der Waals surface area (Å²) >= 11 is 0. The fourth-order valence-electron chi connectivity index (χ4n) is 2.55. The van der Waals surface area contributed by atoms with Crippen LogP contribution in [-0.4, -0.2) is 19.8 Å². The van der Waals surface area contributed by atoms with Crippen molar-refractivity contribution in [3.05, 3.63) is 29.3 Å². The second kappa shape index (κ2) is 6.18. The number of methoxy groups -OCH3 is 1. The summed E-state index contributed by atoms with van der Waals surface area (Å²) in [6, 6.07) is 6.12. The Morgan fingerprint density at radius 3 is 2.83 bits per heavy atom. The predicted molar refractivity (Wildman–Crippen MR) is 71.4 cm³/mol. The third kappa shape index (κ3) is 2.83. The topological polar surface area (TPSA) is 56.5 Å². The SMILES string of the molecule is COc1ccc(C(NN)C2CCCCO2)c(C)c1. The van der Waals surface area contributed by atoms with Crippen molar-refractivity contribution in [2.24, 2.45) is 5.84 Å². The van der Waals surface area contributed by atoms with Gasteiger partial charge >= 0.3 is 0 Å². The third-order valence-corrected chi connectivity index (χ3v) is 3.58. The molecule has 4 nitrogen and oxygen atoms in total. The van der Waals surface area contributed by atoms with Gasteiger partial charge in [-0.25, -0.2) is 0 Å². The van der Waals surface area contributed by atoms with Crippen molar-refractivity contribution >= 4 is 0 Å². The van der Waals surface area contributed by atoms with Crippen LogP contribution >= 0.6 is 0 Å². The molecule has 1 aromatic carbocycles. The molecule has 1 heterocycles. The zero-order valence-corrected chi connectivity index (χ0v) is 11.1. The van der Waals surface area contributed by atoms with Gasteiger partial charge in [0.05, 0.1) is 19.3 Å². The second-order valence-corrected chi connectivity index (χ2v) is 4.77. The highest BCUT2D eigenvalue weighted by molar-refractivity contribution is 5.37. The molecule has 1 aromatic rings. The van der Waals surface area contributed by atoms with Crippen molar-refractivity contribution in [2.75, 3.05) is 13.7 Å². The number of aryl methyl sites for hydroxylation is 1. The summed E-state index contributed by atoms with van der Waals surface area (Å²) in [4.78, 5) is 0. The molecule has 0 radical (unpaired) electrons. The fraction of sp³-hybridized carbons (Fsp3) is 0.571. The van der Waals surface area contributed by atoms with Crippen molar-refractivity contribution in [2.45, 2.75) is 38.3 Å². The molecule has 2 rings (SSSR count). The Balaban J connectivity index is 2.20. The van der Waals surface area contributed by atoms with Gasteiger partial charge in [0, 0.05) is 6.61 Å². The van der Waals surface area contributed by atoms with E-state index in [1.54, 1.807) is 7.11 Å². The summed E-state index contributed by atoms with van der Waals surface area (Å²) in [5.74, 6) is 6.59. The Morgan fingerprint density at radius 1 is 1.44 bits per heavy atom. The molecule has 2 atom stereocenters. The quantitative estimate of drug-likeness (QED) is 0.634. The summed E-state index contributed by atoms with van der Waals surface area (Å²) in [7, 11) is 1.68. The number of benzene rings is 1. The van der Waals surface area contributed by atoms with Crippen LogP contribution in [0, 0.1) is 6.92 Å². The van der Waals surface area contributed by atoms with Gasteiger partial charge in [-0.15, -0.1) is 0 Å². The van der Waals surface area contributed by atoms with E-state index in [0.717, 1.165) is 25.2 Å². The summed E-state index contributed by atoms with van der Waals surface area (Å²) in [6.45, 7) is 2.91. The van der Waals surface area contributed by atoms with Crippen LogP contribution in [-0.2, 0) is 4.74 Å². The van der Waals surface area contributed by atoms with Crippen LogP contribution in [0.1, 0.15) is 36.4 Å². The van der Waals surface area contributed by atoms with E-state index < -0.39 is 0 Å². The molecular weight excluding hydrogens is 228 g/mol. The second-order valence-electron chi connectivity index (χ2n) is 4.77. The molecule has 1 saturated heterocycles. The van der Waals surface area contributed by atoms with E-state index in [1.807, 2.05) is 12.1 Å². The van der Waals surface area contributed by atoms with Crippen LogP contribution in [0.15, 0.2) is 18.2 Å². The normalized spacial score (nSPS) is 21.6. The van der Waals surface area contributed by atoms with E-state index in [1.165, 1.54) is 17.5 Å². The van der Waals surface area contributed by atoms with Gasteiger partial charge in [-0.1, -0.05) is 6.07 Å². The van der Waals surface area contributed by atoms with Crippen LogP contribution in [0.4, 0.5) is 0 Å². The zero-order valence-electron chi connectivity index (χ0n) is 11.1. The first kappa shape index (κ1) is 13.3. The Hall–Kier alpha value is -1.10. The molecule has 0 aromatic heterocycles. The minimum absolute atomic E-state index is 0.0520. The molecule has 18 heavy (non-hydrogen) atoms. The molecule has 0 spiro atoms. The molecule has 1 aliphatic heterocycles. The highest BCUT2D eigenvalue weighted by atomic mass is 16.5. The van der Waals surface area contributed by atoms with Gasteiger partial charge in [0.1, 0.15) is 5.75 Å². The Morgan fingerprint density at radius 2 is 2.28 bits per heavy atom. The highest BCUT2D eigenvalue weighted by Crippen LogP contribution is 2.29. The number of nitrogens with one attached hydrogen (secondary N) is 1. The molecule has 0 aliphatic carbocycles. The van der Waals surface area contributed by atoms with Crippen molar-refractivity contribution in [1.82, 2.24) is 5.43 Å². The maximum absolute atomic E-state index is 5.82. The predicted octanol–water partition coefficient (Wildman–Crippen LogP) is 2.08. The first-order valence-corrected chi connectivity index (χ1v) is 6.48. The number of rotatable bonds is 4. The van der Waals surface area contributed by atoms with Crippen LogP contribution in [0.3, 0.4) is 0 Å². The van der Waals surface area contributed by atoms with Gasteiger partial charge in [-0.2, -0.15) is 0 Å². The molecule has 1 aliphatic rings. The largest absolute Gasteiger partial charge is 0.497 e. The maximum Gasteiger partial charge on any atom is 0.119 e. The molecule has 0 bridgehead atoms. The summed E-state index contributed by atoms with van der Waals surface area (Å²) < 4.78 is 11.0. The van der Waals surface area contributed by atoms with Gasteiger partial charge in [-0.05, 0) is 49.4 Å². The summed E-state index contributed by atoms with van der Waals surface area (Å²) in [6.07, 6.45) is 3.57. The Labute approximate surface area is 108 Å². The number of hydrogen-bond acceptors (Lipinski definition) is 4. The zero-order chi connectivity index (χ0) is 13.0. The number of hydrogen-bond donors (Lipinski definition) is 2. The van der Waals surface area contributed by atoms with Gasteiger partial charge < -0.3 is 9.47 Å². The van der Waals surface area contributed by atoms with E-state index in [0.29, 0.717) is 0 Å². The van der Waals surface area contributed by atoms with Crippen molar-refractivity contribution < 1.29 is 9.47 Å². The summed E-state index contributed by atoms with van der Waals surface area (Å²) in [5, 5.41) is 0. The summed E-state index contributed by atoms with van der Waals surface area (Å²) in [5.41, 5.74) is 5.26.